The van der Waals surface area contributed by atoms with Crippen LogP contribution in [0.2, 0.25) is 0 Å². The van der Waals surface area contributed by atoms with E-state index in [1.807, 2.05) is 42.5 Å². The number of hydrogen-bond acceptors (Lipinski definition) is 9. The molecule has 4 N–H and O–H groups in total. The molecule has 1 aromatic heterocycles. The maximum Gasteiger partial charge on any atom is 0.417 e. The number of nitrogens with two attached hydrogens (primary N) is 1. The number of imide groups is 1. The molecule has 0 saturated carbocycles. The van der Waals surface area contributed by atoms with Crippen LogP contribution in [-0.4, -0.2) is 62.9 Å². The van der Waals surface area contributed by atoms with Crippen LogP contribution in [0.15, 0.2) is 52.9 Å². The number of nitrogens with zero attached hydrogens (tertiary/aromatic N) is 2. The minimum Gasteiger partial charge on any atom is -0.444 e. The maximum atomic E-state index is 14.0. The molecule has 1 unspecified atom stereocenters. The lowest BCUT2D eigenvalue weighted by atomic mass is 9.87. The van der Waals surface area contributed by atoms with E-state index in [0.29, 0.717) is 23.9 Å². The Bertz CT molecular complexity index is 1500. The number of nitrogens with one attached hydrogen (secondary N) is 1. The van der Waals surface area contributed by atoms with Gasteiger partial charge in [-0.05, 0) is 95.9 Å². The van der Waals surface area contributed by atoms with Crippen LogP contribution in [-0.2, 0) is 26.1 Å². The minimum atomic E-state index is -1.48. The maximum absolute atomic E-state index is 14.0. The van der Waals surface area contributed by atoms with Crippen LogP contribution in [0.5, 0.6) is 0 Å². The molecule has 0 spiro atoms. The second-order valence-electron chi connectivity index (χ2n) is 14.9. The number of fused-ring (bicyclic) bond motifs is 1. The average molecular weight is 653 g/mol. The molecule has 0 aliphatic carbocycles. The van der Waals surface area contributed by atoms with E-state index in [-0.39, 0.29) is 30.7 Å². The van der Waals surface area contributed by atoms with Crippen molar-refractivity contribution < 1.29 is 33.4 Å². The SMILES string of the molecule is CC(C)(C)OC(=O)NCCC[C@@H](N)C(=O)N(C(=O)OC(C)(C)C)[C@H](CCc1ccccc1)C(O)c1nc2cc(C(C)(C)C)ccc2o1. The summed E-state index contributed by atoms with van der Waals surface area (Å²) in [5, 5.41) is 14.5. The smallest absolute Gasteiger partial charge is 0.417 e. The van der Waals surface area contributed by atoms with Crippen LogP contribution in [0.1, 0.15) is 105 Å². The van der Waals surface area contributed by atoms with Crippen LogP contribution < -0.4 is 11.1 Å². The highest BCUT2D eigenvalue weighted by molar-refractivity contribution is 5.95. The summed E-state index contributed by atoms with van der Waals surface area (Å²) in [7, 11) is 0. The molecule has 0 saturated heterocycles. The van der Waals surface area contributed by atoms with Crippen LogP contribution in [0.25, 0.3) is 11.1 Å². The summed E-state index contributed by atoms with van der Waals surface area (Å²) < 4.78 is 16.9. The molecule has 11 heteroatoms. The van der Waals surface area contributed by atoms with Crippen molar-refractivity contribution in [3.63, 3.8) is 0 Å². The largest absolute Gasteiger partial charge is 0.444 e. The van der Waals surface area contributed by atoms with Crippen LogP contribution >= 0.6 is 0 Å². The quantitative estimate of drug-likeness (QED) is 0.195. The lowest BCUT2D eigenvalue weighted by Crippen LogP contribution is -2.55. The Morgan fingerprint density at radius 2 is 1.57 bits per heavy atom. The molecule has 3 amide bonds. The molecule has 0 radical (unpaired) electrons. The van der Waals surface area contributed by atoms with Gasteiger partial charge in [0.25, 0.3) is 0 Å². The second-order valence-corrected chi connectivity index (χ2v) is 14.9. The summed E-state index contributed by atoms with van der Waals surface area (Å²) in [6, 6.07) is 12.9. The molecule has 3 atom stereocenters. The summed E-state index contributed by atoms with van der Waals surface area (Å²) in [6.45, 7) is 16.8. The number of hydrogen-bond donors (Lipinski definition) is 3. The van der Waals surface area contributed by atoms with Gasteiger partial charge in [0.1, 0.15) is 16.7 Å². The molecular weight excluding hydrogens is 600 g/mol. The molecule has 0 fully saturated rings. The van der Waals surface area contributed by atoms with Crippen LogP contribution in [0.3, 0.4) is 0 Å². The molecule has 3 aromatic rings. The third-order valence-electron chi connectivity index (χ3n) is 7.30. The molecule has 258 valence electrons. The van der Waals surface area contributed by atoms with E-state index in [0.717, 1.165) is 16.0 Å². The number of rotatable bonds is 11. The van der Waals surface area contributed by atoms with Crippen molar-refractivity contribution in [2.75, 3.05) is 6.54 Å². The number of aliphatic hydroxyl groups excluding tert-OH is 1. The number of carbonyl (C=O) groups excluding carboxylic acids is 3. The second kappa shape index (κ2) is 15.3. The molecule has 47 heavy (non-hydrogen) atoms. The summed E-state index contributed by atoms with van der Waals surface area (Å²) in [5.74, 6) is -0.750. The third-order valence-corrected chi connectivity index (χ3v) is 7.30. The molecule has 3 rings (SSSR count). The Morgan fingerprint density at radius 3 is 2.17 bits per heavy atom. The number of aliphatic hydroxyl groups is 1. The minimum absolute atomic E-state index is 0.0272. The lowest BCUT2D eigenvalue weighted by molar-refractivity contribution is -0.137. The van der Waals surface area contributed by atoms with Gasteiger partial charge in [-0.1, -0.05) is 57.2 Å². The average Bonchev–Trinajstić information content (AvgIpc) is 3.38. The topological polar surface area (TPSA) is 157 Å². The summed E-state index contributed by atoms with van der Waals surface area (Å²) >= 11 is 0. The normalized spacial score (nSPS) is 14.3. The van der Waals surface area contributed by atoms with Crippen molar-refractivity contribution in [1.29, 1.82) is 0 Å². The van der Waals surface area contributed by atoms with Gasteiger partial charge in [-0.3, -0.25) is 4.79 Å². The van der Waals surface area contributed by atoms with E-state index < -0.39 is 47.5 Å². The summed E-state index contributed by atoms with van der Waals surface area (Å²) in [4.78, 5) is 45.3. The van der Waals surface area contributed by atoms with Gasteiger partial charge >= 0.3 is 12.2 Å². The van der Waals surface area contributed by atoms with E-state index in [2.05, 4.69) is 31.1 Å². The Kier molecular flexibility index (Phi) is 12.2. The number of benzene rings is 2. The Morgan fingerprint density at radius 1 is 0.936 bits per heavy atom. The fourth-order valence-corrected chi connectivity index (χ4v) is 4.92. The molecule has 0 aliphatic heterocycles. The number of oxazole rings is 1. The van der Waals surface area contributed by atoms with Gasteiger partial charge in [-0.25, -0.2) is 19.5 Å². The monoisotopic (exact) mass is 652 g/mol. The number of aromatic nitrogens is 1. The first-order valence-electron chi connectivity index (χ1n) is 16.2. The summed E-state index contributed by atoms with van der Waals surface area (Å²) in [5.41, 5.74) is 7.67. The first-order valence-corrected chi connectivity index (χ1v) is 16.2. The van der Waals surface area contributed by atoms with Gasteiger partial charge < -0.3 is 30.0 Å². The third kappa shape index (κ3) is 11.4. The van der Waals surface area contributed by atoms with Crippen molar-refractivity contribution in [1.82, 2.24) is 15.2 Å². The van der Waals surface area contributed by atoms with Crippen molar-refractivity contribution in [3.05, 3.63) is 65.5 Å². The molecule has 2 aromatic carbocycles. The standard InChI is InChI=1S/C36H52N4O7/c1-34(2,3)24-18-20-28-26(22-24)39-30(45-28)29(41)27(19-17-23-14-11-10-12-15-23)40(33(44)47-36(7,8)9)31(42)25(37)16-13-21-38-32(43)46-35(4,5)6/h10-12,14-15,18,20,22,25,27,29,41H,13,16-17,19,21,37H2,1-9H3,(H,38,43)/t25-,27-,29?/m1/s1. The van der Waals surface area contributed by atoms with Gasteiger partial charge in [-0.15, -0.1) is 0 Å². The van der Waals surface area contributed by atoms with Crippen LogP contribution in [0.4, 0.5) is 9.59 Å². The predicted octanol–water partition coefficient (Wildman–Crippen LogP) is 6.56. The molecular formula is C36H52N4O7. The van der Waals surface area contributed by atoms with Crippen molar-refractivity contribution in [2.45, 2.75) is 123 Å². The predicted molar refractivity (Wildman–Crippen MR) is 181 cm³/mol. The van der Waals surface area contributed by atoms with E-state index in [9.17, 15) is 19.5 Å². The van der Waals surface area contributed by atoms with E-state index >= 15 is 0 Å². The van der Waals surface area contributed by atoms with Gasteiger partial charge in [0.05, 0.1) is 12.1 Å². The van der Waals surface area contributed by atoms with Crippen LogP contribution in [0, 0.1) is 0 Å². The highest BCUT2D eigenvalue weighted by Gasteiger charge is 2.41. The molecule has 0 aliphatic rings. The zero-order valence-corrected chi connectivity index (χ0v) is 29.3. The number of aryl methyl sites for hydroxylation is 1. The van der Waals surface area contributed by atoms with E-state index in [1.54, 1.807) is 47.6 Å². The van der Waals surface area contributed by atoms with Gasteiger partial charge in [0.2, 0.25) is 11.8 Å². The van der Waals surface area contributed by atoms with Crippen molar-refractivity contribution >= 4 is 29.2 Å². The lowest BCUT2D eigenvalue weighted by Gasteiger charge is -2.35. The molecule has 11 nitrogen and oxygen atoms in total. The Labute approximate surface area is 278 Å². The highest BCUT2D eigenvalue weighted by Crippen LogP contribution is 2.32. The first kappa shape index (κ1) is 37.5. The fourth-order valence-electron chi connectivity index (χ4n) is 4.92. The fraction of sp³-hybridized carbons (Fsp3) is 0.556. The zero-order chi connectivity index (χ0) is 35.2. The van der Waals surface area contributed by atoms with Gasteiger partial charge in [-0.2, -0.15) is 0 Å². The Balaban J connectivity index is 1.94. The van der Waals surface area contributed by atoms with E-state index in [4.69, 9.17) is 19.6 Å². The number of ether oxygens (including phenoxy) is 2. The number of alkyl carbamates (subject to hydrolysis) is 1. The number of carbonyl (C=O) groups is 3. The van der Waals surface area contributed by atoms with Crippen molar-refractivity contribution in [3.8, 4) is 0 Å². The zero-order valence-electron chi connectivity index (χ0n) is 29.3. The van der Waals surface area contributed by atoms with Crippen molar-refractivity contribution in [2.24, 2.45) is 5.73 Å². The molecule has 1 heterocycles. The van der Waals surface area contributed by atoms with Gasteiger partial charge in [0, 0.05) is 6.54 Å². The number of amides is 3. The highest BCUT2D eigenvalue weighted by atomic mass is 16.6. The Hall–Kier alpha value is -3.96. The first-order chi connectivity index (χ1) is 21.7. The molecule has 0 bridgehead atoms. The van der Waals surface area contributed by atoms with E-state index in [1.165, 1.54) is 0 Å². The summed E-state index contributed by atoms with van der Waals surface area (Å²) in [6.07, 6.45) is -1.91. The van der Waals surface area contributed by atoms with Gasteiger partial charge in [0.15, 0.2) is 11.7 Å².